The van der Waals surface area contributed by atoms with Crippen molar-refractivity contribution in [2.24, 2.45) is 5.73 Å². The summed E-state index contributed by atoms with van der Waals surface area (Å²) in [5.41, 5.74) is 9.17. The molecule has 1 aliphatic carbocycles. The Morgan fingerprint density at radius 1 is 1.26 bits per heavy atom. The van der Waals surface area contributed by atoms with Crippen molar-refractivity contribution < 1.29 is 4.79 Å². The van der Waals surface area contributed by atoms with E-state index in [1.54, 1.807) is 22.9 Å². The molecule has 3 aromatic rings. The van der Waals surface area contributed by atoms with Crippen molar-refractivity contribution in [3.8, 4) is 5.69 Å². The monoisotopic (exact) mass is 382 g/mol. The van der Waals surface area contributed by atoms with Crippen LogP contribution in [-0.2, 0) is 4.79 Å². The smallest absolute Gasteiger partial charge is 0.245 e. The number of amides is 1. The number of carbonyl (C=O) groups is 1. The lowest BCUT2D eigenvalue weighted by Gasteiger charge is -2.14. The minimum Gasteiger partial charge on any atom is -0.324 e. The van der Waals surface area contributed by atoms with Crippen molar-refractivity contribution in [1.29, 1.82) is 0 Å². The molecular formula is C19H19ClN6O. The summed E-state index contributed by atoms with van der Waals surface area (Å²) in [5.74, 6) is 0.854. The maximum atomic E-state index is 12.5. The molecule has 0 radical (unpaired) electrons. The molecule has 7 nitrogen and oxygen atoms in total. The molecule has 138 valence electrons. The summed E-state index contributed by atoms with van der Waals surface area (Å²) in [6.07, 6.45) is 2.14. The van der Waals surface area contributed by atoms with E-state index in [2.05, 4.69) is 20.8 Å². The Morgan fingerprint density at radius 3 is 2.70 bits per heavy atom. The Morgan fingerprint density at radius 2 is 2.00 bits per heavy atom. The normalized spacial score (nSPS) is 14.8. The standard InChI is InChI=1S/C19H19ClN6O/c1-11-2-4-12(5-3-11)17(21)19(27)22-14-8-9-15(20)16(10-14)26-18(13-6-7-13)23-24-25-26/h2-5,8-10,13,17H,6-7,21H2,1H3,(H,22,27). The lowest BCUT2D eigenvalue weighted by molar-refractivity contribution is -0.117. The van der Waals surface area contributed by atoms with Crippen LogP contribution in [0.25, 0.3) is 5.69 Å². The molecule has 1 unspecified atom stereocenters. The van der Waals surface area contributed by atoms with Crippen LogP contribution in [0.1, 0.15) is 41.8 Å². The first-order chi connectivity index (χ1) is 13.0. The minimum atomic E-state index is -0.764. The predicted octanol–water partition coefficient (Wildman–Crippen LogP) is 3.14. The fourth-order valence-electron chi connectivity index (χ4n) is 2.86. The molecule has 27 heavy (non-hydrogen) atoms. The second-order valence-electron chi connectivity index (χ2n) is 6.77. The van der Waals surface area contributed by atoms with Crippen LogP contribution in [0.5, 0.6) is 0 Å². The van der Waals surface area contributed by atoms with Gasteiger partial charge >= 0.3 is 0 Å². The molecule has 1 amide bonds. The summed E-state index contributed by atoms with van der Waals surface area (Å²) in [6, 6.07) is 12.0. The second kappa shape index (κ2) is 7.09. The van der Waals surface area contributed by atoms with Crippen molar-refractivity contribution in [2.75, 3.05) is 5.32 Å². The van der Waals surface area contributed by atoms with Crippen LogP contribution in [0, 0.1) is 6.92 Å². The molecule has 4 rings (SSSR count). The van der Waals surface area contributed by atoms with Crippen molar-refractivity contribution in [3.05, 3.63) is 64.4 Å². The van der Waals surface area contributed by atoms with Gasteiger partial charge in [-0.25, -0.2) is 0 Å². The number of nitrogens with one attached hydrogen (secondary N) is 1. The molecule has 8 heteroatoms. The Hall–Kier alpha value is -2.77. The fourth-order valence-corrected chi connectivity index (χ4v) is 3.06. The summed E-state index contributed by atoms with van der Waals surface area (Å²) in [6.45, 7) is 1.99. The molecular weight excluding hydrogens is 364 g/mol. The van der Waals surface area contributed by atoms with Gasteiger partial charge in [-0.15, -0.1) is 5.10 Å². The second-order valence-corrected chi connectivity index (χ2v) is 7.17. The number of hydrogen-bond acceptors (Lipinski definition) is 5. The number of rotatable bonds is 5. The SMILES string of the molecule is Cc1ccc(C(N)C(=O)Nc2ccc(Cl)c(-n3nnnc3C3CC3)c2)cc1. The number of aryl methyl sites for hydroxylation is 1. The van der Waals surface area contributed by atoms with Gasteiger partial charge in [0.05, 0.1) is 10.7 Å². The summed E-state index contributed by atoms with van der Waals surface area (Å²) < 4.78 is 1.63. The van der Waals surface area contributed by atoms with Gasteiger partial charge in [-0.1, -0.05) is 41.4 Å². The van der Waals surface area contributed by atoms with Gasteiger partial charge in [0.15, 0.2) is 5.82 Å². The molecule has 2 aromatic carbocycles. The number of tetrazole rings is 1. The van der Waals surface area contributed by atoms with E-state index in [-0.39, 0.29) is 5.91 Å². The van der Waals surface area contributed by atoms with Crippen molar-refractivity contribution in [1.82, 2.24) is 20.2 Å². The summed E-state index contributed by atoms with van der Waals surface area (Å²) in [5, 5.41) is 15.3. The van der Waals surface area contributed by atoms with E-state index in [9.17, 15) is 4.79 Å². The van der Waals surface area contributed by atoms with E-state index in [0.717, 1.165) is 29.8 Å². The van der Waals surface area contributed by atoms with Crippen molar-refractivity contribution >= 4 is 23.2 Å². The zero-order valence-electron chi connectivity index (χ0n) is 14.8. The quantitative estimate of drug-likeness (QED) is 0.706. The zero-order chi connectivity index (χ0) is 19.0. The Kier molecular flexibility index (Phi) is 4.63. The number of hydrogen-bond donors (Lipinski definition) is 2. The zero-order valence-corrected chi connectivity index (χ0v) is 15.5. The summed E-state index contributed by atoms with van der Waals surface area (Å²) in [7, 11) is 0. The minimum absolute atomic E-state index is 0.300. The van der Waals surface area contributed by atoms with Crippen LogP contribution in [0.2, 0.25) is 5.02 Å². The molecule has 1 heterocycles. The summed E-state index contributed by atoms with van der Waals surface area (Å²) in [4.78, 5) is 12.5. The molecule has 1 aliphatic rings. The maximum absolute atomic E-state index is 12.5. The Bertz CT molecular complexity index is 980. The first-order valence-corrected chi connectivity index (χ1v) is 9.12. The van der Waals surface area contributed by atoms with Gasteiger partial charge in [-0.3, -0.25) is 4.79 Å². The van der Waals surface area contributed by atoms with E-state index >= 15 is 0 Å². The van der Waals surface area contributed by atoms with Crippen LogP contribution in [-0.4, -0.2) is 26.1 Å². The number of nitrogens with zero attached hydrogens (tertiary/aromatic N) is 4. The van der Waals surface area contributed by atoms with Crippen molar-refractivity contribution in [3.63, 3.8) is 0 Å². The van der Waals surface area contributed by atoms with Gasteiger partial charge < -0.3 is 11.1 Å². The van der Waals surface area contributed by atoms with E-state index in [0.29, 0.717) is 22.3 Å². The third-order valence-electron chi connectivity index (χ3n) is 4.60. The van der Waals surface area contributed by atoms with Gasteiger partial charge in [-0.05, 0) is 54.0 Å². The first-order valence-electron chi connectivity index (χ1n) is 8.74. The van der Waals surface area contributed by atoms with Crippen LogP contribution in [0.15, 0.2) is 42.5 Å². The van der Waals surface area contributed by atoms with E-state index in [1.165, 1.54) is 0 Å². The highest BCUT2D eigenvalue weighted by molar-refractivity contribution is 6.32. The van der Waals surface area contributed by atoms with Gasteiger partial charge in [0.2, 0.25) is 5.91 Å². The average Bonchev–Trinajstić information content (AvgIpc) is 3.40. The molecule has 1 atom stereocenters. The van der Waals surface area contributed by atoms with Gasteiger partial charge in [0.1, 0.15) is 6.04 Å². The van der Waals surface area contributed by atoms with Crippen molar-refractivity contribution in [2.45, 2.75) is 31.7 Å². The predicted molar refractivity (Wildman–Crippen MR) is 103 cm³/mol. The highest BCUT2D eigenvalue weighted by atomic mass is 35.5. The highest BCUT2D eigenvalue weighted by Crippen LogP contribution is 2.40. The number of benzene rings is 2. The fraction of sp³-hybridized carbons (Fsp3) is 0.263. The van der Waals surface area contributed by atoms with E-state index in [1.807, 2.05) is 31.2 Å². The number of carbonyl (C=O) groups excluding carboxylic acids is 1. The van der Waals surface area contributed by atoms with Crippen LogP contribution in [0.4, 0.5) is 5.69 Å². The largest absolute Gasteiger partial charge is 0.324 e. The lowest BCUT2D eigenvalue weighted by Crippen LogP contribution is -2.27. The Balaban J connectivity index is 1.56. The molecule has 0 saturated heterocycles. The maximum Gasteiger partial charge on any atom is 0.245 e. The van der Waals surface area contributed by atoms with Gasteiger partial charge in [0, 0.05) is 11.6 Å². The van der Waals surface area contributed by atoms with Crippen LogP contribution in [0.3, 0.4) is 0 Å². The molecule has 1 saturated carbocycles. The van der Waals surface area contributed by atoms with Crippen LogP contribution < -0.4 is 11.1 Å². The summed E-state index contributed by atoms with van der Waals surface area (Å²) >= 11 is 6.34. The number of anilines is 1. The number of halogens is 1. The topological polar surface area (TPSA) is 98.7 Å². The van der Waals surface area contributed by atoms with Crippen LogP contribution >= 0.6 is 11.6 Å². The highest BCUT2D eigenvalue weighted by Gasteiger charge is 2.30. The first kappa shape index (κ1) is 17.6. The average molecular weight is 383 g/mol. The molecule has 1 aromatic heterocycles. The number of aromatic nitrogens is 4. The third kappa shape index (κ3) is 3.70. The molecule has 0 bridgehead atoms. The molecule has 0 spiro atoms. The Labute approximate surface area is 161 Å². The molecule has 3 N–H and O–H groups in total. The number of nitrogens with two attached hydrogens (primary N) is 1. The van der Waals surface area contributed by atoms with Gasteiger partial charge in [-0.2, -0.15) is 4.68 Å². The third-order valence-corrected chi connectivity index (χ3v) is 4.92. The molecule has 0 aliphatic heterocycles. The molecule has 1 fully saturated rings. The lowest BCUT2D eigenvalue weighted by atomic mass is 10.1. The van der Waals surface area contributed by atoms with E-state index in [4.69, 9.17) is 17.3 Å². The van der Waals surface area contributed by atoms with E-state index < -0.39 is 6.04 Å². The van der Waals surface area contributed by atoms with Gasteiger partial charge in [0.25, 0.3) is 0 Å².